The lowest BCUT2D eigenvalue weighted by atomic mass is 10.5. The first-order valence-corrected chi connectivity index (χ1v) is 3.49. The molecular weight excluding hydrogens is 154 g/mol. The monoisotopic (exact) mass is 165 g/mol. The van der Waals surface area contributed by atoms with Crippen molar-refractivity contribution in [1.82, 2.24) is 4.98 Å². The molecule has 0 fully saturated rings. The zero-order chi connectivity index (χ0) is 9.07. The van der Waals surface area contributed by atoms with Crippen LogP contribution in [-0.2, 0) is 0 Å². The predicted molar refractivity (Wildman–Crippen MR) is 45.7 cm³/mol. The highest BCUT2D eigenvalue weighted by Gasteiger charge is 1.65. The molecule has 12 heavy (non-hydrogen) atoms. The van der Waals surface area contributed by atoms with Gasteiger partial charge in [0.2, 0.25) is 0 Å². The van der Waals surface area contributed by atoms with E-state index in [1.54, 1.807) is 18.5 Å². The second-order valence-corrected chi connectivity index (χ2v) is 1.79. The van der Waals surface area contributed by atoms with Crippen LogP contribution in [0.3, 0.4) is 0 Å². The molecule has 3 nitrogen and oxygen atoms in total. The zero-order valence-electron chi connectivity index (χ0n) is 6.64. The van der Waals surface area contributed by atoms with Crippen LogP contribution in [0.15, 0.2) is 30.6 Å². The van der Waals surface area contributed by atoms with E-state index in [9.17, 15) is 0 Å². The van der Waals surface area contributed by atoms with Crippen LogP contribution < -0.4 is 0 Å². The number of aliphatic hydroxyl groups excluding tert-OH is 2. The van der Waals surface area contributed by atoms with E-state index in [1.807, 2.05) is 18.2 Å². The molecule has 0 amide bonds. The molecule has 2 N–H and O–H groups in total. The Hall–Kier alpha value is -1.53. The highest BCUT2D eigenvalue weighted by molar-refractivity contribution is 4.88. The first-order valence-electron chi connectivity index (χ1n) is 3.49. The Morgan fingerprint density at radius 1 is 1.17 bits per heavy atom. The molecule has 1 rings (SSSR count). The van der Waals surface area contributed by atoms with Crippen LogP contribution in [0, 0.1) is 12.0 Å². The van der Waals surface area contributed by atoms with Gasteiger partial charge in [-0.25, -0.2) is 0 Å². The third kappa shape index (κ3) is 8.47. The Bertz CT molecular complexity index is 199. The summed E-state index contributed by atoms with van der Waals surface area (Å²) in [6.45, 7) is 0.0214. The number of rotatable bonds is 1. The smallest absolute Gasteiger partial charge is 0.107 e. The minimum Gasteiger partial charge on any atom is -0.462 e. The summed E-state index contributed by atoms with van der Waals surface area (Å²) in [7, 11) is 0. The van der Waals surface area contributed by atoms with Gasteiger partial charge in [-0.2, -0.15) is 0 Å². The second kappa shape index (κ2) is 9.47. The van der Waals surface area contributed by atoms with Crippen LogP contribution >= 0.6 is 0 Å². The van der Waals surface area contributed by atoms with E-state index in [-0.39, 0.29) is 6.61 Å². The van der Waals surface area contributed by atoms with E-state index in [2.05, 4.69) is 10.9 Å². The quantitative estimate of drug-likeness (QED) is 0.605. The van der Waals surface area contributed by atoms with E-state index >= 15 is 0 Å². The number of aromatic nitrogens is 1. The molecule has 0 aliphatic heterocycles. The first kappa shape index (κ1) is 10.5. The fourth-order valence-electron chi connectivity index (χ4n) is 0.424. The van der Waals surface area contributed by atoms with E-state index in [4.69, 9.17) is 10.2 Å². The Labute approximate surface area is 71.7 Å². The third-order valence-corrected chi connectivity index (χ3v) is 0.882. The number of hydrogen-bond donors (Lipinski definition) is 2. The number of nitrogens with zero attached hydrogens (tertiary/aromatic N) is 1. The lowest BCUT2D eigenvalue weighted by molar-refractivity contribution is 0.304. The minimum atomic E-state index is 0.0214. The van der Waals surface area contributed by atoms with E-state index in [0.29, 0.717) is 6.42 Å². The molecule has 64 valence electrons. The second-order valence-electron chi connectivity index (χ2n) is 1.79. The third-order valence-electron chi connectivity index (χ3n) is 0.882. The highest BCUT2D eigenvalue weighted by atomic mass is 16.3. The van der Waals surface area contributed by atoms with Gasteiger partial charge in [-0.3, -0.25) is 4.98 Å². The predicted octanol–water partition coefficient (Wildman–Crippen LogP) is 0.784. The summed E-state index contributed by atoms with van der Waals surface area (Å²) >= 11 is 0. The molecule has 0 spiro atoms. The molecule has 0 saturated heterocycles. The molecule has 0 aromatic carbocycles. The number of hydrogen-bond acceptors (Lipinski definition) is 3. The largest absolute Gasteiger partial charge is 0.462 e. The van der Waals surface area contributed by atoms with Crippen LogP contribution in [0.2, 0.25) is 0 Å². The van der Waals surface area contributed by atoms with Gasteiger partial charge in [0.05, 0.1) is 6.61 Å². The topological polar surface area (TPSA) is 53.4 Å². The van der Waals surface area contributed by atoms with Gasteiger partial charge in [-0.05, 0) is 12.1 Å². The summed E-state index contributed by atoms with van der Waals surface area (Å²) in [5.41, 5.74) is 0. The summed E-state index contributed by atoms with van der Waals surface area (Å²) in [6, 6.07) is 5.72. The standard InChI is InChI=1S/C5H5N.C4H6O2/c1-2-4-6-5-3-1;5-3-1-2-4-6/h1-5H;5-6H,1,3H2. The van der Waals surface area contributed by atoms with Crippen molar-refractivity contribution in [3.05, 3.63) is 30.6 Å². The molecule has 1 aromatic heterocycles. The van der Waals surface area contributed by atoms with Crippen molar-refractivity contribution in [2.75, 3.05) is 6.61 Å². The summed E-state index contributed by atoms with van der Waals surface area (Å²) < 4.78 is 0. The van der Waals surface area contributed by atoms with Gasteiger partial charge in [-0.1, -0.05) is 12.0 Å². The highest BCUT2D eigenvalue weighted by Crippen LogP contribution is 1.73. The van der Waals surface area contributed by atoms with Crippen molar-refractivity contribution < 1.29 is 10.2 Å². The van der Waals surface area contributed by atoms with Gasteiger partial charge in [0.25, 0.3) is 0 Å². The van der Waals surface area contributed by atoms with Gasteiger partial charge in [-0.15, -0.1) is 0 Å². The molecule has 1 heterocycles. The van der Waals surface area contributed by atoms with Crippen LogP contribution in [0.1, 0.15) is 6.42 Å². The molecule has 0 aliphatic rings. The first-order chi connectivity index (χ1) is 5.91. The Kier molecular flexibility index (Phi) is 8.26. The lowest BCUT2D eigenvalue weighted by Crippen LogP contribution is -1.74. The fraction of sp³-hybridized carbons (Fsp3) is 0.222. The zero-order valence-corrected chi connectivity index (χ0v) is 6.64. The van der Waals surface area contributed by atoms with Crippen LogP contribution in [0.5, 0.6) is 0 Å². The van der Waals surface area contributed by atoms with Crippen molar-refractivity contribution >= 4 is 0 Å². The molecule has 1 aromatic rings. The fourth-order valence-corrected chi connectivity index (χ4v) is 0.424. The van der Waals surface area contributed by atoms with Crippen LogP contribution in [0.4, 0.5) is 0 Å². The van der Waals surface area contributed by atoms with E-state index < -0.39 is 0 Å². The van der Waals surface area contributed by atoms with Gasteiger partial charge >= 0.3 is 0 Å². The van der Waals surface area contributed by atoms with Gasteiger partial charge in [0, 0.05) is 18.8 Å². The SMILES string of the molecule is OC#CCCO.c1ccncc1. The van der Waals surface area contributed by atoms with Gasteiger partial charge < -0.3 is 10.2 Å². The maximum absolute atomic E-state index is 7.98. The van der Waals surface area contributed by atoms with Crippen molar-refractivity contribution in [2.24, 2.45) is 0 Å². The maximum atomic E-state index is 7.98. The summed E-state index contributed by atoms with van der Waals surface area (Å²) in [6.07, 6.45) is 5.52. The Balaban J connectivity index is 0.000000202. The molecule has 0 saturated carbocycles. The van der Waals surface area contributed by atoms with Crippen molar-refractivity contribution in [1.29, 1.82) is 0 Å². The summed E-state index contributed by atoms with van der Waals surface area (Å²) in [5.74, 6) is 2.25. The van der Waals surface area contributed by atoms with E-state index in [1.165, 1.54) is 0 Å². The van der Waals surface area contributed by atoms with Crippen molar-refractivity contribution in [3.63, 3.8) is 0 Å². The van der Waals surface area contributed by atoms with Crippen LogP contribution in [0.25, 0.3) is 0 Å². The molecule has 0 aliphatic carbocycles. The van der Waals surface area contributed by atoms with Crippen molar-refractivity contribution in [3.8, 4) is 12.0 Å². The minimum absolute atomic E-state index is 0.0214. The normalized spacial score (nSPS) is 7.08. The average Bonchev–Trinajstić information content (AvgIpc) is 2.18. The molecule has 0 bridgehead atoms. The molecule has 0 unspecified atom stereocenters. The lowest BCUT2D eigenvalue weighted by Gasteiger charge is -1.71. The molecule has 0 radical (unpaired) electrons. The Morgan fingerprint density at radius 3 is 2.00 bits per heavy atom. The number of aliphatic hydroxyl groups is 2. The number of pyridine rings is 1. The maximum Gasteiger partial charge on any atom is 0.107 e. The van der Waals surface area contributed by atoms with Gasteiger partial charge in [0.1, 0.15) is 6.11 Å². The molecular formula is C9H11NO2. The molecule has 3 heteroatoms. The summed E-state index contributed by atoms with van der Waals surface area (Å²) in [4.78, 5) is 3.78. The molecule has 0 atom stereocenters. The summed E-state index contributed by atoms with van der Waals surface area (Å²) in [5, 5.41) is 15.7. The Morgan fingerprint density at radius 2 is 1.83 bits per heavy atom. The van der Waals surface area contributed by atoms with Gasteiger partial charge in [0.15, 0.2) is 0 Å². The van der Waals surface area contributed by atoms with E-state index in [0.717, 1.165) is 0 Å². The van der Waals surface area contributed by atoms with Crippen molar-refractivity contribution in [2.45, 2.75) is 6.42 Å². The van der Waals surface area contributed by atoms with Crippen LogP contribution in [-0.4, -0.2) is 21.8 Å². The average molecular weight is 165 g/mol.